The molecule has 0 saturated heterocycles. The lowest BCUT2D eigenvalue weighted by molar-refractivity contribution is 0.0698. The van der Waals surface area contributed by atoms with E-state index < -0.39 is 11.9 Å². The molecule has 1 aliphatic rings. The zero-order chi connectivity index (χ0) is 27.8. The van der Waals surface area contributed by atoms with E-state index in [1.807, 2.05) is 38.1 Å². The van der Waals surface area contributed by atoms with Crippen LogP contribution in [0.4, 0.5) is 10.5 Å². The van der Waals surface area contributed by atoms with Crippen LogP contribution in [0.25, 0.3) is 0 Å². The SMILES string of the molecule is CC(C)NC(=O)NC1CCC(Oc2ccc(Oc3ccc(C(=O)Nc4ccccc4C(=O)O)cc3)cc2)CC1. The molecule has 3 aromatic carbocycles. The molecule has 9 nitrogen and oxygen atoms in total. The van der Waals surface area contributed by atoms with E-state index in [4.69, 9.17) is 9.47 Å². The fourth-order valence-electron chi connectivity index (χ4n) is 4.38. The Balaban J connectivity index is 1.25. The topological polar surface area (TPSA) is 126 Å². The van der Waals surface area contributed by atoms with Crippen LogP contribution in [-0.4, -0.2) is 41.2 Å². The van der Waals surface area contributed by atoms with Crippen LogP contribution >= 0.6 is 0 Å². The number of para-hydroxylation sites is 1. The van der Waals surface area contributed by atoms with Gasteiger partial charge in [0.05, 0.1) is 17.4 Å². The van der Waals surface area contributed by atoms with Crippen LogP contribution in [0, 0.1) is 0 Å². The number of aromatic carboxylic acids is 1. The number of hydrogen-bond donors (Lipinski definition) is 4. The lowest BCUT2D eigenvalue weighted by Crippen LogP contribution is -2.46. The Morgan fingerprint density at radius 3 is 2.03 bits per heavy atom. The first-order chi connectivity index (χ1) is 18.8. The molecule has 0 spiro atoms. The summed E-state index contributed by atoms with van der Waals surface area (Å²) in [4.78, 5) is 35.8. The van der Waals surface area contributed by atoms with Gasteiger partial charge in [-0.25, -0.2) is 9.59 Å². The molecule has 0 bridgehead atoms. The van der Waals surface area contributed by atoms with Crippen LogP contribution in [0.3, 0.4) is 0 Å². The van der Waals surface area contributed by atoms with Crippen molar-refractivity contribution < 1.29 is 29.0 Å². The van der Waals surface area contributed by atoms with Gasteiger partial charge in [-0.1, -0.05) is 12.1 Å². The van der Waals surface area contributed by atoms with E-state index in [1.54, 1.807) is 42.5 Å². The number of rotatable bonds is 9. The molecule has 0 unspecified atom stereocenters. The van der Waals surface area contributed by atoms with E-state index in [0.29, 0.717) is 17.1 Å². The molecule has 0 aromatic heterocycles. The molecule has 39 heavy (non-hydrogen) atoms. The summed E-state index contributed by atoms with van der Waals surface area (Å²) in [6.45, 7) is 3.87. The predicted molar refractivity (Wildman–Crippen MR) is 148 cm³/mol. The molecule has 1 saturated carbocycles. The molecular weight excluding hydrogens is 498 g/mol. The number of carboxylic acids is 1. The smallest absolute Gasteiger partial charge is 0.337 e. The number of benzene rings is 3. The largest absolute Gasteiger partial charge is 0.490 e. The minimum absolute atomic E-state index is 0.0223. The Kier molecular flexibility index (Phi) is 9.04. The standard InChI is InChI=1S/C30H33N3O6/c1-19(2)31-30(37)32-21-9-13-23(14-10-21)39-25-17-15-24(16-18-25)38-22-11-7-20(8-12-22)28(34)33-27-6-4-3-5-26(27)29(35)36/h3-8,11-12,15-19,21,23H,9-10,13-14H2,1-2H3,(H,33,34)(H,35,36)(H2,31,32,37). The van der Waals surface area contributed by atoms with Gasteiger partial charge in [0, 0.05) is 17.6 Å². The highest BCUT2D eigenvalue weighted by molar-refractivity contribution is 6.07. The summed E-state index contributed by atoms with van der Waals surface area (Å²) in [5, 5.41) is 17.8. The average Bonchev–Trinajstić information content (AvgIpc) is 2.91. The molecule has 0 heterocycles. The Morgan fingerprint density at radius 1 is 0.821 bits per heavy atom. The molecular formula is C30H33N3O6. The zero-order valence-electron chi connectivity index (χ0n) is 22.0. The molecule has 1 fully saturated rings. The lowest BCUT2D eigenvalue weighted by Gasteiger charge is -2.29. The monoisotopic (exact) mass is 531 g/mol. The molecule has 0 atom stereocenters. The number of anilines is 1. The van der Waals surface area contributed by atoms with Crippen LogP contribution in [0.5, 0.6) is 17.2 Å². The summed E-state index contributed by atoms with van der Waals surface area (Å²) in [5.74, 6) is 0.404. The fraction of sp³-hybridized carbons (Fsp3) is 0.300. The number of hydrogen-bond acceptors (Lipinski definition) is 5. The first-order valence-corrected chi connectivity index (χ1v) is 13.0. The summed E-state index contributed by atoms with van der Waals surface area (Å²) in [6.07, 6.45) is 3.58. The van der Waals surface area contributed by atoms with E-state index >= 15 is 0 Å². The zero-order valence-corrected chi connectivity index (χ0v) is 22.0. The summed E-state index contributed by atoms with van der Waals surface area (Å²) in [6, 6.07) is 20.3. The third-order valence-corrected chi connectivity index (χ3v) is 6.31. The van der Waals surface area contributed by atoms with Crippen molar-refractivity contribution in [3.8, 4) is 17.2 Å². The third kappa shape index (κ3) is 7.98. The summed E-state index contributed by atoms with van der Waals surface area (Å²) < 4.78 is 12.0. The number of carbonyl (C=O) groups is 3. The molecule has 4 N–H and O–H groups in total. The van der Waals surface area contributed by atoms with Crippen LogP contribution in [0.1, 0.15) is 60.2 Å². The number of carbonyl (C=O) groups excluding carboxylic acids is 2. The van der Waals surface area contributed by atoms with Crippen molar-refractivity contribution in [3.63, 3.8) is 0 Å². The van der Waals surface area contributed by atoms with Crippen LogP contribution in [0.2, 0.25) is 0 Å². The lowest BCUT2D eigenvalue weighted by atomic mass is 9.93. The number of amides is 3. The summed E-state index contributed by atoms with van der Waals surface area (Å²) in [7, 11) is 0. The normalized spacial score (nSPS) is 16.7. The maximum absolute atomic E-state index is 12.6. The maximum atomic E-state index is 12.6. The number of carboxylic acid groups (broad SMARTS) is 1. The van der Waals surface area contributed by atoms with E-state index in [9.17, 15) is 19.5 Å². The van der Waals surface area contributed by atoms with Gasteiger partial charge in [-0.2, -0.15) is 0 Å². The van der Waals surface area contributed by atoms with Crippen LogP contribution in [-0.2, 0) is 0 Å². The van der Waals surface area contributed by atoms with Crippen LogP contribution < -0.4 is 25.4 Å². The van der Waals surface area contributed by atoms with Gasteiger partial charge in [0.15, 0.2) is 0 Å². The van der Waals surface area contributed by atoms with Gasteiger partial charge >= 0.3 is 12.0 Å². The number of ether oxygens (including phenoxy) is 2. The van der Waals surface area contributed by atoms with Gasteiger partial charge < -0.3 is 30.5 Å². The van der Waals surface area contributed by atoms with Crippen LogP contribution in [0.15, 0.2) is 72.8 Å². The minimum Gasteiger partial charge on any atom is -0.490 e. The Bertz CT molecular complexity index is 1280. The highest BCUT2D eigenvalue weighted by Crippen LogP contribution is 2.28. The Labute approximate surface area is 227 Å². The average molecular weight is 532 g/mol. The van der Waals surface area contributed by atoms with Gasteiger partial charge in [-0.05, 0) is 100 Å². The van der Waals surface area contributed by atoms with Gasteiger partial charge in [0.25, 0.3) is 5.91 Å². The van der Waals surface area contributed by atoms with Gasteiger partial charge in [0.2, 0.25) is 0 Å². The molecule has 0 radical (unpaired) electrons. The molecule has 3 aromatic rings. The first kappa shape index (κ1) is 27.5. The molecule has 0 aliphatic heterocycles. The molecule has 204 valence electrons. The van der Waals surface area contributed by atoms with E-state index in [-0.39, 0.29) is 35.5 Å². The van der Waals surface area contributed by atoms with Gasteiger partial charge in [-0.15, -0.1) is 0 Å². The molecule has 9 heteroatoms. The third-order valence-electron chi connectivity index (χ3n) is 6.31. The van der Waals surface area contributed by atoms with Crippen molar-refractivity contribution in [1.82, 2.24) is 10.6 Å². The molecule has 1 aliphatic carbocycles. The maximum Gasteiger partial charge on any atom is 0.337 e. The minimum atomic E-state index is -1.11. The van der Waals surface area contributed by atoms with Gasteiger partial charge in [-0.3, -0.25) is 4.79 Å². The summed E-state index contributed by atoms with van der Waals surface area (Å²) >= 11 is 0. The second kappa shape index (κ2) is 12.8. The highest BCUT2D eigenvalue weighted by atomic mass is 16.5. The predicted octanol–water partition coefficient (Wildman–Crippen LogP) is 5.83. The Hall–Kier alpha value is -4.53. The van der Waals surface area contributed by atoms with Crippen molar-refractivity contribution >= 4 is 23.6 Å². The van der Waals surface area contributed by atoms with E-state index in [2.05, 4.69) is 16.0 Å². The van der Waals surface area contributed by atoms with E-state index in [1.165, 1.54) is 6.07 Å². The van der Waals surface area contributed by atoms with Crippen molar-refractivity contribution in [2.75, 3.05) is 5.32 Å². The Morgan fingerprint density at radius 2 is 1.41 bits per heavy atom. The quantitative estimate of drug-likeness (QED) is 0.275. The first-order valence-electron chi connectivity index (χ1n) is 13.0. The van der Waals surface area contributed by atoms with Crippen molar-refractivity contribution in [1.29, 1.82) is 0 Å². The van der Waals surface area contributed by atoms with Crippen molar-refractivity contribution in [2.24, 2.45) is 0 Å². The summed E-state index contributed by atoms with van der Waals surface area (Å²) in [5.41, 5.74) is 0.627. The number of urea groups is 1. The second-order valence-electron chi connectivity index (χ2n) is 9.77. The molecule has 4 rings (SSSR count). The number of nitrogens with one attached hydrogen (secondary N) is 3. The van der Waals surface area contributed by atoms with Gasteiger partial charge in [0.1, 0.15) is 17.2 Å². The highest BCUT2D eigenvalue weighted by Gasteiger charge is 2.24. The van der Waals surface area contributed by atoms with Crippen molar-refractivity contribution in [3.05, 3.63) is 83.9 Å². The van der Waals surface area contributed by atoms with E-state index in [0.717, 1.165) is 31.4 Å². The molecule has 3 amide bonds. The van der Waals surface area contributed by atoms with Crippen molar-refractivity contribution in [2.45, 2.75) is 57.7 Å². The fourth-order valence-corrected chi connectivity index (χ4v) is 4.38. The second-order valence-corrected chi connectivity index (χ2v) is 9.77.